The van der Waals surface area contributed by atoms with Gasteiger partial charge in [0.1, 0.15) is 0 Å². The Hall–Kier alpha value is -3.21. The van der Waals surface area contributed by atoms with Gasteiger partial charge < -0.3 is 10.6 Å². The molecule has 2 aromatic carbocycles. The summed E-state index contributed by atoms with van der Waals surface area (Å²) in [7, 11) is 0. The Morgan fingerprint density at radius 2 is 1.48 bits per heavy atom. The molecule has 0 fully saturated rings. The first-order chi connectivity index (χ1) is 11.2. The number of nitrogens with zero attached hydrogens (tertiary/aromatic N) is 3. The number of amides is 1. The van der Waals surface area contributed by atoms with Crippen molar-refractivity contribution in [1.29, 1.82) is 0 Å². The molecule has 1 aromatic heterocycles. The zero-order valence-electron chi connectivity index (χ0n) is 12.5. The zero-order chi connectivity index (χ0) is 16.1. The Kier molecular flexibility index (Phi) is 4.29. The molecule has 0 saturated carbocycles. The van der Waals surface area contributed by atoms with Gasteiger partial charge in [0.15, 0.2) is 0 Å². The fraction of sp³-hybridized carbons (Fsp3) is 0.0556. The quantitative estimate of drug-likeness (QED) is 0.804. The lowest BCUT2D eigenvalue weighted by atomic mass is 10.1. The Labute approximate surface area is 134 Å². The molecule has 0 bridgehead atoms. The second kappa shape index (κ2) is 6.70. The van der Waals surface area contributed by atoms with Gasteiger partial charge in [-0.3, -0.25) is 4.79 Å². The SMILES string of the molecule is Nc1ncc(C(=O)N(Cc2ccccc2)c2ccccc2)cn1. The van der Waals surface area contributed by atoms with Crippen molar-refractivity contribution in [3.05, 3.63) is 84.2 Å². The van der Waals surface area contributed by atoms with Crippen LogP contribution in [0.2, 0.25) is 0 Å². The van der Waals surface area contributed by atoms with Gasteiger partial charge in [0.2, 0.25) is 5.95 Å². The average molecular weight is 304 g/mol. The standard InChI is InChI=1S/C18H16N4O/c19-18-20-11-15(12-21-18)17(23)22(16-9-5-2-6-10-16)13-14-7-3-1-4-8-14/h1-12H,13H2,(H2,19,20,21). The van der Waals surface area contributed by atoms with Crippen molar-refractivity contribution in [2.24, 2.45) is 0 Å². The monoisotopic (exact) mass is 304 g/mol. The van der Waals surface area contributed by atoms with Crippen molar-refractivity contribution in [2.75, 3.05) is 10.6 Å². The first kappa shape index (κ1) is 14.7. The molecule has 0 radical (unpaired) electrons. The van der Waals surface area contributed by atoms with E-state index in [1.54, 1.807) is 4.90 Å². The van der Waals surface area contributed by atoms with Crippen LogP contribution in [0.4, 0.5) is 11.6 Å². The predicted molar refractivity (Wildman–Crippen MR) is 89.8 cm³/mol. The van der Waals surface area contributed by atoms with E-state index in [2.05, 4.69) is 9.97 Å². The lowest BCUT2D eigenvalue weighted by molar-refractivity contribution is 0.0984. The van der Waals surface area contributed by atoms with Crippen LogP contribution in [0.15, 0.2) is 73.1 Å². The minimum absolute atomic E-state index is 0.149. The molecule has 0 aliphatic carbocycles. The molecule has 3 rings (SSSR count). The normalized spacial score (nSPS) is 10.3. The van der Waals surface area contributed by atoms with Crippen molar-refractivity contribution in [2.45, 2.75) is 6.54 Å². The molecule has 3 aromatic rings. The topological polar surface area (TPSA) is 72.1 Å². The van der Waals surface area contributed by atoms with E-state index in [1.807, 2.05) is 60.7 Å². The van der Waals surface area contributed by atoms with E-state index in [-0.39, 0.29) is 11.9 Å². The minimum atomic E-state index is -0.167. The second-order valence-electron chi connectivity index (χ2n) is 5.04. The smallest absolute Gasteiger partial charge is 0.261 e. The molecule has 5 heteroatoms. The fourth-order valence-corrected chi connectivity index (χ4v) is 2.26. The van der Waals surface area contributed by atoms with E-state index in [0.29, 0.717) is 12.1 Å². The van der Waals surface area contributed by atoms with Crippen molar-refractivity contribution < 1.29 is 4.79 Å². The summed E-state index contributed by atoms with van der Waals surface area (Å²) in [6.07, 6.45) is 2.90. The van der Waals surface area contributed by atoms with Gasteiger partial charge in [-0.25, -0.2) is 9.97 Å². The van der Waals surface area contributed by atoms with Crippen molar-refractivity contribution in [3.8, 4) is 0 Å². The van der Waals surface area contributed by atoms with Gasteiger partial charge in [0.25, 0.3) is 5.91 Å². The Morgan fingerprint density at radius 1 is 0.913 bits per heavy atom. The predicted octanol–water partition coefficient (Wildman–Crippen LogP) is 2.91. The number of aromatic nitrogens is 2. The Morgan fingerprint density at radius 3 is 2.09 bits per heavy atom. The molecule has 0 saturated heterocycles. The average Bonchev–Trinajstić information content (AvgIpc) is 2.61. The maximum atomic E-state index is 12.9. The molecule has 0 atom stereocenters. The summed E-state index contributed by atoms with van der Waals surface area (Å²) < 4.78 is 0. The molecular formula is C18H16N4O. The van der Waals surface area contributed by atoms with Crippen LogP contribution in [-0.4, -0.2) is 15.9 Å². The van der Waals surface area contributed by atoms with Crippen LogP contribution in [0.25, 0.3) is 0 Å². The highest BCUT2D eigenvalue weighted by Crippen LogP contribution is 2.19. The van der Waals surface area contributed by atoms with Crippen LogP contribution in [0.3, 0.4) is 0 Å². The number of benzene rings is 2. The highest BCUT2D eigenvalue weighted by molar-refractivity contribution is 6.05. The summed E-state index contributed by atoms with van der Waals surface area (Å²) >= 11 is 0. The van der Waals surface area contributed by atoms with E-state index >= 15 is 0 Å². The molecule has 0 unspecified atom stereocenters. The summed E-state index contributed by atoms with van der Waals surface area (Å²) in [5.74, 6) is -0.0177. The molecular weight excluding hydrogens is 288 g/mol. The van der Waals surface area contributed by atoms with Gasteiger partial charge in [-0.05, 0) is 17.7 Å². The lowest BCUT2D eigenvalue weighted by Crippen LogP contribution is -2.30. The number of carbonyl (C=O) groups is 1. The van der Waals surface area contributed by atoms with Crippen LogP contribution in [0.1, 0.15) is 15.9 Å². The summed E-state index contributed by atoms with van der Waals surface area (Å²) in [5.41, 5.74) is 7.75. The molecule has 1 amide bonds. The number of hydrogen-bond donors (Lipinski definition) is 1. The number of carbonyl (C=O) groups excluding carboxylic acids is 1. The van der Waals surface area contributed by atoms with Gasteiger partial charge in [0.05, 0.1) is 12.1 Å². The van der Waals surface area contributed by atoms with Crippen molar-refractivity contribution in [1.82, 2.24) is 9.97 Å². The third-order valence-corrected chi connectivity index (χ3v) is 3.42. The summed E-state index contributed by atoms with van der Waals surface area (Å²) in [4.78, 5) is 22.4. The van der Waals surface area contributed by atoms with E-state index < -0.39 is 0 Å². The van der Waals surface area contributed by atoms with E-state index in [0.717, 1.165) is 11.3 Å². The number of para-hydroxylation sites is 1. The Balaban J connectivity index is 1.94. The van der Waals surface area contributed by atoms with Crippen LogP contribution in [0.5, 0.6) is 0 Å². The largest absolute Gasteiger partial charge is 0.368 e. The van der Waals surface area contributed by atoms with Crippen LogP contribution >= 0.6 is 0 Å². The number of nitrogen functional groups attached to an aromatic ring is 1. The highest BCUT2D eigenvalue weighted by Gasteiger charge is 2.18. The fourth-order valence-electron chi connectivity index (χ4n) is 2.26. The van der Waals surface area contributed by atoms with Gasteiger partial charge in [0, 0.05) is 18.1 Å². The lowest BCUT2D eigenvalue weighted by Gasteiger charge is -2.23. The van der Waals surface area contributed by atoms with Crippen LogP contribution in [0, 0.1) is 0 Å². The molecule has 2 N–H and O–H groups in total. The molecule has 5 nitrogen and oxygen atoms in total. The summed E-state index contributed by atoms with van der Waals surface area (Å²) in [6.45, 7) is 0.466. The maximum absolute atomic E-state index is 12.9. The summed E-state index contributed by atoms with van der Waals surface area (Å²) in [5, 5.41) is 0. The molecule has 0 spiro atoms. The number of hydrogen-bond acceptors (Lipinski definition) is 4. The van der Waals surface area contributed by atoms with Crippen molar-refractivity contribution in [3.63, 3.8) is 0 Å². The van der Waals surface area contributed by atoms with E-state index in [4.69, 9.17) is 5.73 Å². The maximum Gasteiger partial charge on any atom is 0.261 e. The summed E-state index contributed by atoms with van der Waals surface area (Å²) in [6, 6.07) is 19.4. The number of anilines is 2. The van der Waals surface area contributed by atoms with Crippen molar-refractivity contribution >= 4 is 17.5 Å². The van der Waals surface area contributed by atoms with Gasteiger partial charge in [-0.2, -0.15) is 0 Å². The first-order valence-corrected chi connectivity index (χ1v) is 7.22. The zero-order valence-corrected chi connectivity index (χ0v) is 12.5. The van der Waals surface area contributed by atoms with Gasteiger partial charge in [-0.15, -0.1) is 0 Å². The van der Waals surface area contributed by atoms with Gasteiger partial charge in [-0.1, -0.05) is 48.5 Å². The van der Waals surface area contributed by atoms with Crippen LogP contribution in [-0.2, 0) is 6.54 Å². The molecule has 114 valence electrons. The molecule has 0 aliphatic rings. The van der Waals surface area contributed by atoms with E-state index in [1.165, 1.54) is 12.4 Å². The number of rotatable bonds is 4. The van der Waals surface area contributed by atoms with E-state index in [9.17, 15) is 4.79 Å². The third kappa shape index (κ3) is 3.52. The Bertz CT molecular complexity index is 773. The highest BCUT2D eigenvalue weighted by atomic mass is 16.2. The third-order valence-electron chi connectivity index (χ3n) is 3.42. The molecule has 23 heavy (non-hydrogen) atoms. The number of nitrogens with two attached hydrogens (primary N) is 1. The van der Waals surface area contributed by atoms with Gasteiger partial charge >= 0.3 is 0 Å². The minimum Gasteiger partial charge on any atom is -0.368 e. The second-order valence-corrected chi connectivity index (χ2v) is 5.04. The van der Waals surface area contributed by atoms with Crippen LogP contribution < -0.4 is 10.6 Å². The first-order valence-electron chi connectivity index (χ1n) is 7.22. The molecule has 1 heterocycles. The molecule has 0 aliphatic heterocycles.